The third-order valence-electron chi connectivity index (χ3n) is 3.87. The summed E-state index contributed by atoms with van der Waals surface area (Å²) < 4.78 is 0. The van der Waals surface area contributed by atoms with E-state index in [0.29, 0.717) is 0 Å². The van der Waals surface area contributed by atoms with Gasteiger partial charge in [-0.15, -0.1) is 0 Å². The van der Waals surface area contributed by atoms with Crippen LogP contribution in [0.5, 0.6) is 0 Å². The first-order valence-electron chi connectivity index (χ1n) is 7.09. The molecular weight excluding hydrogens is 260 g/mol. The van der Waals surface area contributed by atoms with Gasteiger partial charge in [0.05, 0.1) is 0 Å². The van der Waals surface area contributed by atoms with Crippen LogP contribution in [0.4, 0.5) is 11.4 Å². The summed E-state index contributed by atoms with van der Waals surface area (Å²) in [5.74, 6) is 0.0131. The van der Waals surface area contributed by atoms with Crippen LogP contribution in [-0.4, -0.2) is 12.5 Å². The number of nitrogen functional groups attached to an aromatic ring is 1. The van der Waals surface area contributed by atoms with Crippen molar-refractivity contribution in [3.8, 4) is 0 Å². The monoisotopic (exact) mass is 278 g/mol. The minimum Gasteiger partial charge on any atom is -0.398 e. The van der Waals surface area contributed by atoms with Crippen LogP contribution in [0.2, 0.25) is 0 Å². The second-order valence-corrected chi connectivity index (χ2v) is 5.32. The smallest absolute Gasteiger partial charge is 0.251 e. The van der Waals surface area contributed by atoms with Gasteiger partial charge < -0.3 is 10.6 Å². The van der Waals surface area contributed by atoms with Crippen molar-refractivity contribution >= 4 is 23.4 Å². The van der Waals surface area contributed by atoms with Gasteiger partial charge in [0, 0.05) is 24.0 Å². The van der Waals surface area contributed by atoms with Crippen molar-refractivity contribution in [2.75, 3.05) is 17.2 Å². The molecule has 0 fully saturated rings. The van der Waals surface area contributed by atoms with Crippen LogP contribution in [0.3, 0.4) is 0 Å². The lowest BCUT2D eigenvalue weighted by atomic mass is 10.1. The maximum atomic E-state index is 12.3. The van der Waals surface area contributed by atoms with Gasteiger partial charge in [0.15, 0.2) is 0 Å². The Balaban J connectivity index is 1.78. The van der Waals surface area contributed by atoms with Crippen molar-refractivity contribution in [1.29, 1.82) is 0 Å². The number of aryl methyl sites for hydroxylation is 1. The quantitative estimate of drug-likeness (QED) is 0.677. The predicted octanol–water partition coefficient (Wildman–Crippen LogP) is 3.18. The Morgan fingerprint density at radius 1 is 1.24 bits per heavy atom. The number of para-hydroxylation sites is 1. The molecule has 2 aromatic rings. The van der Waals surface area contributed by atoms with Gasteiger partial charge in [-0.2, -0.15) is 0 Å². The Kier molecular flexibility index (Phi) is 3.48. The van der Waals surface area contributed by atoms with Crippen LogP contribution in [0.25, 0.3) is 6.08 Å². The topological polar surface area (TPSA) is 46.3 Å². The number of hydrogen-bond acceptors (Lipinski definition) is 2. The number of anilines is 2. The van der Waals surface area contributed by atoms with Crippen molar-refractivity contribution in [2.45, 2.75) is 13.3 Å². The van der Waals surface area contributed by atoms with E-state index < -0.39 is 0 Å². The maximum Gasteiger partial charge on any atom is 0.251 e. The average Bonchev–Trinajstić information content (AvgIpc) is 2.92. The molecule has 0 bridgehead atoms. The summed E-state index contributed by atoms with van der Waals surface area (Å²) in [6.45, 7) is 2.72. The van der Waals surface area contributed by atoms with Gasteiger partial charge in [0.1, 0.15) is 0 Å². The molecule has 0 saturated heterocycles. The molecule has 2 aromatic carbocycles. The fraction of sp³-hybridized carbons (Fsp3) is 0.167. The Labute approximate surface area is 124 Å². The van der Waals surface area contributed by atoms with Gasteiger partial charge in [-0.3, -0.25) is 4.79 Å². The molecule has 1 aliphatic rings. The molecule has 1 aliphatic heterocycles. The van der Waals surface area contributed by atoms with Crippen molar-refractivity contribution in [1.82, 2.24) is 0 Å². The zero-order valence-corrected chi connectivity index (χ0v) is 12.0. The molecule has 3 nitrogen and oxygen atoms in total. The molecule has 0 radical (unpaired) electrons. The first-order chi connectivity index (χ1) is 10.1. The van der Waals surface area contributed by atoms with Crippen molar-refractivity contribution < 1.29 is 4.79 Å². The van der Waals surface area contributed by atoms with E-state index in [-0.39, 0.29) is 5.91 Å². The van der Waals surface area contributed by atoms with E-state index >= 15 is 0 Å². The van der Waals surface area contributed by atoms with Gasteiger partial charge in [0.2, 0.25) is 0 Å². The van der Waals surface area contributed by atoms with Crippen LogP contribution in [0, 0.1) is 6.92 Å². The lowest BCUT2D eigenvalue weighted by molar-refractivity contribution is -0.114. The molecule has 1 amide bonds. The zero-order chi connectivity index (χ0) is 14.8. The van der Waals surface area contributed by atoms with E-state index in [0.717, 1.165) is 35.5 Å². The highest BCUT2D eigenvalue weighted by molar-refractivity contribution is 6.05. The minimum atomic E-state index is 0.0131. The molecule has 3 rings (SSSR count). The Hall–Kier alpha value is -2.55. The normalized spacial score (nSPS) is 13.7. The number of carbonyl (C=O) groups excluding carboxylic acids is 1. The first-order valence-corrected chi connectivity index (χ1v) is 7.09. The molecule has 0 aliphatic carbocycles. The molecular formula is C18H18N2O. The van der Waals surface area contributed by atoms with Gasteiger partial charge in [-0.25, -0.2) is 0 Å². The summed E-state index contributed by atoms with van der Waals surface area (Å²) in [4.78, 5) is 14.2. The summed E-state index contributed by atoms with van der Waals surface area (Å²) in [5.41, 5.74) is 10.9. The van der Waals surface area contributed by atoms with Crippen LogP contribution < -0.4 is 10.6 Å². The summed E-state index contributed by atoms with van der Waals surface area (Å²) in [7, 11) is 0. The summed E-state index contributed by atoms with van der Waals surface area (Å²) in [5, 5.41) is 0. The third-order valence-corrected chi connectivity index (χ3v) is 3.87. The molecule has 0 aromatic heterocycles. The molecule has 0 atom stereocenters. The summed E-state index contributed by atoms with van der Waals surface area (Å²) in [6, 6.07) is 13.9. The molecule has 2 N–H and O–H groups in total. The highest BCUT2D eigenvalue weighted by Crippen LogP contribution is 2.27. The van der Waals surface area contributed by atoms with E-state index in [1.54, 1.807) is 6.08 Å². The molecule has 0 saturated carbocycles. The van der Waals surface area contributed by atoms with Gasteiger partial charge >= 0.3 is 0 Å². The molecule has 1 heterocycles. The number of fused-ring (bicyclic) bond motifs is 1. The second kappa shape index (κ2) is 5.44. The van der Waals surface area contributed by atoms with E-state index in [9.17, 15) is 4.79 Å². The SMILES string of the molecule is Cc1ccc(/C=C/C(=O)N2CCc3ccccc32)cc1N. The Morgan fingerprint density at radius 3 is 2.86 bits per heavy atom. The van der Waals surface area contributed by atoms with Crippen LogP contribution >= 0.6 is 0 Å². The van der Waals surface area contributed by atoms with Crippen LogP contribution in [-0.2, 0) is 11.2 Å². The number of carbonyl (C=O) groups is 1. The maximum absolute atomic E-state index is 12.3. The first kappa shape index (κ1) is 13.4. The van der Waals surface area contributed by atoms with E-state index in [2.05, 4.69) is 6.07 Å². The third kappa shape index (κ3) is 2.68. The molecule has 106 valence electrons. The Bertz CT molecular complexity index is 719. The predicted molar refractivity (Wildman–Crippen MR) is 87.1 cm³/mol. The lowest BCUT2D eigenvalue weighted by Crippen LogP contribution is -2.26. The highest BCUT2D eigenvalue weighted by Gasteiger charge is 2.22. The summed E-state index contributed by atoms with van der Waals surface area (Å²) >= 11 is 0. The van der Waals surface area contributed by atoms with Crippen LogP contribution in [0.15, 0.2) is 48.5 Å². The minimum absolute atomic E-state index is 0.0131. The zero-order valence-electron chi connectivity index (χ0n) is 12.0. The van der Waals surface area contributed by atoms with Gasteiger partial charge in [-0.1, -0.05) is 30.3 Å². The fourth-order valence-electron chi connectivity index (χ4n) is 2.59. The number of amides is 1. The van der Waals surface area contributed by atoms with Crippen molar-refractivity contribution in [2.24, 2.45) is 0 Å². The van der Waals surface area contributed by atoms with Crippen molar-refractivity contribution in [3.63, 3.8) is 0 Å². The summed E-state index contributed by atoms with van der Waals surface area (Å²) in [6.07, 6.45) is 4.36. The van der Waals surface area contributed by atoms with E-state index in [1.807, 2.05) is 54.3 Å². The van der Waals surface area contributed by atoms with Gasteiger partial charge in [-0.05, 0) is 48.2 Å². The molecule has 0 unspecified atom stereocenters. The van der Waals surface area contributed by atoms with E-state index in [4.69, 9.17) is 5.73 Å². The number of nitrogens with two attached hydrogens (primary N) is 1. The largest absolute Gasteiger partial charge is 0.398 e. The average molecular weight is 278 g/mol. The highest BCUT2D eigenvalue weighted by atomic mass is 16.2. The van der Waals surface area contributed by atoms with Crippen molar-refractivity contribution in [3.05, 3.63) is 65.2 Å². The lowest BCUT2D eigenvalue weighted by Gasteiger charge is -2.14. The molecule has 3 heteroatoms. The fourth-order valence-corrected chi connectivity index (χ4v) is 2.59. The number of hydrogen-bond donors (Lipinski definition) is 1. The van der Waals surface area contributed by atoms with E-state index in [1.165, 1.54) is 5.56 Å². The standard InChI is InChI=1S/C18H18N2O/c1-13-6-7-14(12-16(13)19)8-9-18(21)20-11-10-15-4-2-3-5-17(15)20/h2-9,12H,10-11,19H2,1H3/b9-8+. The number of rotatable bonds is 2. The van der Waals surface area contributed by atoms with Gasteiger partial charge in [0.25, 0.3) is 5.91 Å². The Morgan fingerprint density at radius 2 is 2.05 bits per heavy atom. The molecule has 0 spiro atoms. The van der Waals surface area contributed by atoms with Crippen LogP contribution in [0.1, 0.15) is 16.7 Å². The second-order valence-electron chi connectivity index (χ2n) is 5.32. The number of benzene rings is 2. The molecule has 21 heavy (non-hydrogen) atoms. The number of nitrogens with zero attached hydrogens (tertiary/aromatic N) is 1.